The molecule has 0 atom stereocenters. The Kier molecular flexibility index (Phi) is 4.84. The number of carboxylic acids is 2. The summed E-state index contributed by atoms with van der Waals surface area (Å²) >= 11 is 0. The van der Waals surface area contributed by atoms with Gasteiger partial charge in [0.25, 0.3) is 0 Å². The number of nitro groups is 1. The molecule has 9 nitrogen and oxygen atoms in total. The van der Waals surface area contributed by atoms with Gasteiger partial charge in [0.2, 0.25) is 0 Å². The van der Waals surface area contributed by atoms with Crippen LogP contribution in [0.25, 0.3) is 0 Å². The number of rotatable bonds is 7. The van der Waals surface area contributed by atoms with E-state index in [0.29, 0.717) is 0 Å². The molecule has 0 bridgehead atoms. The Bertz CT molecular complexity index is 528. The van der Waals surface area contributed by atoms with Crippen LogP contribution in [0, 0.1) is 10.1 Å². The number of nitro benzene ring substituents is 1. The van der Waals surface area contributed by atoms with Gasteiger partial charge in [0.15, 0.2) is 5.75 Å². The highest BCUT2D eigenvalue weighted by molar-refractivity contribution is 5.83. The van der Waals surface area contributed by atoms with Crippen LogP contribution < -0.4 is 9.64 Å². The number of methoxy groups -OCH3 is 1. The maximum atomic E-state index is 11.1. The van der Waals surface area contributed by atoms with Crippen molar-refractivity contribution in [2.75, 3.05) is 25.1 Å². The molecule has 0 aliphatic heterocycles. The van der Waals surface area contributed by atoms with E-state index in [0.717, 1.165) is 4.90 Å². The Morgan fingerprint density at radius 1 is 1.30 bits per heavy atom. The molecule has 0 spiro atoms. The van der Waals surface area contributed by atoms with E-state index in [1.165, 1.54) is 25.3 Å². The van der Waals surface area contributed by atoms with Gasteiger partial charge >= 0.3 is 17.6 Å². The number of para-hydroxylation sites is 1. The SMILES string of the molecule is COc1cccc(N(CC(=O)O)CC(=O)O)c1[N+](=O)[O-]. The van der Waals surface area contributed by atoms with Crippen LogP contribution in [0.2, 0.25) is 0 Å². The van der Waals surface area contributed by atoms with Gasteiger partial charge in [0.05, 0.1) is 12.0 Å². The van der Waals surface area contributed by atoms with E-state index in [9.17, 15) is 19.7 Å². The normalized spacial score (nSPS) is 9.85. The van der Waals surface area contributed by atoms with Gasteiger partial charge in [-0.25, -0.2) is 0 Å². The summed E-state index contributed by atoms with van der Waals surface area (Å²) in [6.07, 6.45) is 0. The molecule has 0 aliphatic rings. The molecule has 1 aromatic carbocycles. The first-order chi connectivity index (χ1) is 9.36. The third-order valence-electron chi connectivity index (χ3n) is 2.37. The molecule has 0 amide bonds. The van der Waals surface area contributed by atoms with E-state index in [-0.39, 0.29) is 11.4 Å². The lowest BCUT2D eigenvalue weighted by Crippen LogP contribution is -2.34. The van der Waals surface area contributed by atoms with E-state index < -0.39 is 35.6 Å². The zero-order valence-corrected chi connectivity index (χ0v) is 10.5. The van der Waals surface area contributed by atoms with Crippen LogP contribution in [-0.2, 0) is 9.59 Å². The number of ether oxygens (including phenoxy) is 1. The average molecular weight is 284 g/mol. The van der Waals surface area contributed by atoms with Crippen LogP contribution in [0.1, 0.15) is 0 Å². The summed E-state index contributed by atoms with van der Waals surface area (Å²) in [4.78, 5) is 32.7. The molecule has 0 aromatic heterocycles. The second-order valence-electron chi connectivity index (χ2n) is 3.73. The van der Waals surface area contributed by atoms with Gasteiger partial charge < -0.3 is 19.8 Å². The van der Waals surface area contributed by atoms with Crippen LogP contribution in [0.5, 0.6) is 5.75 Å². The maximum Gasteiger partial charge on any atom is 0.333 e. The van der Waals surface area contributed by atoms with Gasteiger partial charge in [-0.2, -0.15) is 0 Å². The lowest BCUT2D eigenvalue weighted by molar-refractivity contribution is -0.385. The molecule has 0 heterocycles. The third-order valence-corrected chi connectivity index (χ3v) is 2.37. The maximum absolute atomic E-state index is 11.1. The van der Waals surface area contributed by atoms with Crippen molar-refractivity contribution >= 4 is 23.3 Å². The van der Waals surface area contributed by atoms with Crippen molar-refractivity contribution in [2.45, 2.75) is 0 Å². The first kappa shape index (κ1) is 15.2. The van der Waals surface area contributed by atoms with Crippen LogP contribution in [0.3, 0.4) is 0 Å². The molecule has 2 N–H and O–H groups in total. The summed E-state index contributed by atoms with van der Waals surface area (Å²) in [5, 5.41) is 28.6. The first-order valence-corrected chi connectivity index (χ1v) is 5.36. The Hall–Kier alpha value is -2.84. The molecule has 9 heteroatoms. The van der Waals surface area contributed by atoms with E-state index in [1.54, 1.807) is 0 Å². The summed E-state index contributed by atoms with van der Waals surface area (Å²) in [5.74, 6) is -2.68. The van der Waals surface area contributed by atoms with Gasteiger partial charge in [-0.15, -0.1) is 0 Å². The number of hydrogen-bond donors (Lipinski definition) is 2. The Morgan fingerprint density at radius 2 is 1.85 bits per heavy atom. The van der Waals surface area contributed by atoms with E-state index in [2.05, 4.69) is 0 Å². The summed E-state index contributed by atoms with van der Waals surface area (Å²) in [6.45, 7) is -1.36. The predicted molar refractivity (Wildman–Crippen MR) is 67.1 cm³/mol. The fourth-order valence-electron chi connectivity index (χ4n) is 1.67. The lowest BCUT2D eigenvalue weighted by Gasteiger charge is -2.20. The average Bonchev–Trinajstić information content (AvgIpc) is 2.35. The largest absolute Gasteiger partial charge is 0.490 e. The topological polar surface area (TPSA) is 130 Å². The quantitative estimate of drug-likeness (QED) is 0.549. The zero-order chi connectivity index (χ0) is 15.3. The fourth-order valence-corrected chi connectivity index (χ4v) is 1.67. The van der Waals surface area contributed by atoms with Crippen molar-refractivity contribution in [3.8, 4) is 5.75 Å². The molecular weight excluding hydrogens is 272 g/mol. The smallest absolute Gasteiger partial charge is 0.333 e. The molecule has 0 unspecified atom stereocenters. The van der Waals surface area contributed by atoms with Crippen molar-refractivity contribution in [3.63, 3.8) is 0 Å². The molecule has 1 rings (SSSR count). The van der Waals surface area contributed by atoms with E-state index in [1.807, 2.05) is 0 Å². The van der Waals surface area contributed by atoms with E-state index in [4.69, 9.17) is 14.9 Å². The van der Waals surface area contributed by atoms with Crippen molar-refractivity contribution < 1.29 is 29.5 Å². The molecule has 20 heavy (non-hydrogen) atoms. The molecular formula is C11H12N2O7. The Labute approximate surface area is 113 Å². The van der Waals surface area contributed by atoms with Crippen LogP contribution in [-0.4, -0.2) is 47.3 Å². The monoisotopic (exact) mass is 284 g/mol. The predicted octanol–water partition coefficient (Wildman–Crippen LogP) is 0.579. The molecule has 0 fully saturated rings. The van der Waals surface area contributed by atoms with Crippen molar-refractivity contribution in [2.24, 2.45) is 0 Å². The number of carboxylic acid groups (broad SMARTS) is 2. The Balaban J connectivity index is 3.34. The van der Waals surface area contributed by atoms with Gasteiger partial charge in [0, 0.05) is 0 Å². The third kappa shape index (κ3) is 3.57. The number of anilines is 1. The highest BCUT2D eigenvalue weighted by atomic mass is 16.6. The number of carbonyl (C=O) groups is 2. The van der Waals surface area contributed by atoms with Crippen LogP contribution >= 0.6 is 0 Å². The number of benzene rings is 1. The van der Waals surface area contributed by atoms with Crippen LogP contribution in [0.15, 0.2) is 18.2 Å². The molecule has 0 aliphatic carbocycles. The summed E-state index contributed by atoms with van der Waals surface area (Å²) in [7, 11) is 1.23. The summed E-state index contributed by atoms with van der Waals surface area (Å²) in [6, 6.07) is 4.02. The highest BCUT2D eigenvalue weighted by Crippen LogP contribution is 2.36. The second kappa shape index (κ2) is 6.36. The zero-order valence-electron chi connectivity index (χ0n) is 10.5. The minimum Gasteiger partial charge on any atom is -0.490 e. The molecule has 0 saturated heterocycles. The second-order valence-corrected chi connectivity index (χ2v) is 3.73. The summed E-state index contributed by atoms with van der Waals surface area (Å²) < 4.78 is 4.84. The van der Waals surface area contributed by atoms with Gasteiger partial charge in [-0.3, -0.25) is 19.7 Å². The molecule has 108 valence electrons. The highest BCUT2D eigenvalue weighted by Gasteiger charge is 2.26. The first-order valence-electron chi connectivity index (χ1n) is 5.36. The Morgan fingerprint density at radius 3 is 2.25 bits per heavy atom. The number of aliphatic carboxylic acids is 2. The van der Waals surface area contributed by atoms with Crippen molar-refractivity contribution in [3.05, 3.63) is 28.3 Å². The van der Waals surface area contributed by atoms with Gasteiger partial charge in [0.1, 0.15) is 18.8 Å². The standard InChI is InChI=1S/C11H12N2O7/c1-20-8-4-2-3-7(11(8)13(18)19)12(5-9(14)15)6-10(16)17/h2-4H,5-6H2,1H3,(H,14,15)(H,16,17). The van der Waals surface area contributed by atoms with Crippen molar-refractivity contribution in [1.82, 2.24) is 0 Å². The van der Waals surface area contributed by atoms with E-state index >= 15 is 0 Å². The molecule has 0 radical (unpaired) electrons. The number of hydrogen-bond acceptors (Lipinski definition) is 6. The minimum absolute atomic E-state index is 0.0757. The number of nitrogens with zero attached hydrogens (tertiary/aromatic N) is 2. The molecule has 0 saturated carbocycles. The van der Waals surface area contributed by atoms with Gasteiger partial charge in [-0.05, 0) is 12.1 Å². The lowest BCUT2D eigenvalue weighted by atomic mass is 10.2. The van der Waals surface area contributed by atoms with Crippen molar-refractivity contribution in [1.29, 1.82) is 0 Å². The van der Waals surface area contributed by atoms with Gasteiger partial charge in [-0.1, -0.05) is 6.07 Å². The molecule has 1 aromatic rings. The fraction of sp³-hybridized carbons (Fsp3) is 0.273. The summed E-state index contributed by atoms with van der Waals surface area (Å²) in [5.41, 5.74) is -0.600. The minimum atomic E-state index is -1.30. The van der Waals surface area contributed by atoms with Crippen LogP contribution in [0.4, 0.5) is 11.4 Å².